The van der Waals surface area contributed by atoms with Gasteiger partial charge in [-0.05, 0) is 37.6 Å². The second-order valence-corrected chi connectivity index (χ2v) is 6.87. The van der Waals surface area contributed by atoms with Gasteiger partial charge in [0.1, 0.15) is 5.69 Å². The molecule has 32 heavy (non-hydrogen) atoms. The van der Waals surface area contributed by atoms with Gasteiger partial charge in [0.2, 0.25) is 0 Å². The normalized spacial score (nSPS) is 11.0. The minimum absolute atomic E-state index is 0.0761. The maximum absolute atomic E-state index is 12.6. The van der Waals surface area contributed by atoms with E-state index in [0.717, 1.165) is 11.6 Å². The van der Waals surface area contributed by atoms with Crippen molar-refractivity contribution in [2.24, 2.45) is 5.10 Å². The van der Waals surface area contributed by atoms with Gasteiger partial charge in [0.15, 0.2) is 0 Å². The zero-order valence-electron chi connectivity index (χ0n) is 17.2. The number of anilines is 2. The fourth-order valence-corrected chi connectivity index (χ4v) is 2.88. The van der Waals surface area contributed by atoms with Crippen molar-refractivity contribution in [2.75, 3.05) is 10.7 Å². The Morgan fingerprint density at radius 3 is 2.31 bits per heavy atom. The van der Waals surface area contributed by atoms with Gasteiger partial charge in [-0.3, -0.25) is 30.4 Å². The third-order valence-corrected chi connectivity index (χ3v) is 4.67. The van der Waals surface area contributed by atoms with Gasteiger partial charge in [0.25, 0.3) is 17.3 Å². The van der Waals surface area contributed by atoms with Gasteiger partial charge in [0.05, 0.1) is 15.6 Å². The molecule has 2 N–H and O–H groups in total. The maximum atomic E-state index is 12.6. The summed E-state index contributed by atoms with van der Waals surface area (Å²) in [6.45, 7) is 3.45. The summed E-state index contributed by atoms with van der Waals surface area (Å²) in [4.78, 5) is 33.9. The number of nitrogens with one attached hydrogen (secondary N) is 2. The molecule has 0 atom stereocenters. The van der Waals surface area contributed by atoms with Gasteiger partial charge in [-0.1, -0.05) is 30.3 Å². The summed E-state index contributed by atoms with van der Waals surface area (Å²) in [5, 5.41) is 29.3. The first kappa shape index (κ1) is 22.1. The van der Waals surface area contributed by atoms with Gasteiger partial charge in [0, 0.05) is 35.0 Å². The van der Waals surface area contributed by atoms with Gasteiger partial charge < -0.3 is 5.32 Å². The smallest absolute Gasteiger partial charge is 0.294 e. The Balaban J connectivity index is 1.83. The molecule has 0 bridgehead atoms. The highest BCUT2D eigenvalue weighted by Crippen LogP contribution is 2.27. The van der Waals surface area contributed by atoms with E-state index in [1.54, 1.807) is 25.1 Å². The van der Waals surface area contributed by atoms with Crippen LogP contribution in [0.25, 0.3) is 0 Å². The third-order valence-electron chi connectivity index (χ3n) is 4.67. The van der Waals surface area contributed by atoms with Crippen molar-refractivity contribution < 1.29 is 14.6 Å². The number of para-hydroxylation sites is 1. The molecule has 0 saturated heterocycles. The zero-order valence-corrected chi connectivity index (χ0v) is 17.2. The number of carbonyl (C=O) groups is 1. The molecule has 0 fully saturated rings. The lowest BCUT2D eigenvalue weighted by Gasteiger charge is -2.09. The van der Waals surface area contributed by atoms with Crippen LogP contribution in [0.5, 0.6) is 0 Å². The van der Waals surface area contributed by atoms with Crippen LogP contribution in [0, 0.1) is 27.2 Å². The number of hydrazone groups is 1. The molecule has 0 spiro atoms. The second-order valence-electron chi connectivity index (χ2n) is 6.87. The number of benzene rings is 3. The summed E-state index contributed by atoms with van der Waals surface area (Å²) in [5.74, 6) is -0.481. The van der Waals surface area contributed by atoms with Crippen molar-refractivity contribution in [2.45, 2.75) is 13.8 Å². The lowest BCUT2D eigenvalue weighted by molar-refractivity contribution is -0.384. The van der Waals surface area contributed by atoms with E-state index in [9.17, 15) is 25.0 Å². The van der Waals surface area contributed by atoms with Gasteiger partial charge in [-0.15, -0.1) is 0 Å². The van der Waals surface area contributed by atoms with Crippen LogP contribution in [0.4, 0.5) is 22.7 Å². The van der Waals surface area contributed by atoms with E-state index in [0.29, 0.717) is 17.0 Å². The van der Waals surface area contributed by atoms with Crippen LogP contribution in [0.2, 0.25) is 0 Å². The van der Waals surface area contributed by atoms with E-state index in [2.05, 4.69) is 15.8 Å². The fraction of sp³-hybridized carbons (Fsp3) is 0.0909. The van der Waals surface area contributed by atoms with E-state index < -0.39 is 15.8 Å². The first-order valence-electron chi connectivity index (χ1n) is 9.47. The molecule has 0 aromatic heterocycles. The van der Waals surface area contributed by atoms with Crippen molar-refractivity contribution in [3.05, 3.63) is 104 Å². The summed E-state index contributed by atoms with van der Waals surface area (Å²) in [5.41, 5.74) is 4.73. The molecule has 0 aliphatic carbocycles. The van der Waals surface area contributed by atoms with Crippen molar-refractivity contribution in [1.82, 2.24) is 0 Å². The van der Waals surface area contributed by atoms with E-state index in [1.165, 1.54) is 30.3 Å². The number of non-ortho nitro benzene ring substituents is 1. The Morgan fingerprint density at radius 2 is 1.62 bits per heavy atom. The molecule has 10 nitrogen and oxygen atoms in total. The largest absolute Gasteiger partial charge is 0.322 e. The molecule has 3 aromatic carbocycles. The van der Waals surface area contributed by atoms with Gasteiger partial charge >= 0.3 is 0 Å². The molecule has 0 saturated carbocycles. The summed E-state index contributed by atoms with van der Waals surface area (Å²) in [6.07, 6.45) is 0. The standard InChI is InChI=1S/C22H19N5O5/c1-14-6-3-4-9-19(14)23-22(28)17-10-11-20(21(13-17)27(31)32)25-24-15(2)16-7-5-8-18(12-16)26(29)30/h3-13,25H,1-2H3,(H,23,28). The predicted molar refractivity (Wildman–Crippen MR) is 121 cm³/mol. The number of nitrogens with zero attached hydrogens (tertiary/aromatic N) is 3. The monoisotopic (exact) mass is 433 g/mol. The highest BCUT2D eigenvalue weighted by atomic mass is 16.6. The number of hydrogen-bond donors (Lipinski definition) is 2. The molecule has 3 rings (SSSR count). The van der Waals surface area contributed by atoms with Gasteiger partial charge in [-0.25, -0.2) is 0 Å². The number of carbonyl (C=O) groups excluding carboxylic acids is 1. The molecule has 0 radical (unpaired) electrons. The first-order chi connectivity index (χ1) is 15.3. The Bertz CT molecular complexity index is 1240. The highest BCUT2D eigenvalue weighted by molar-refractivity contribution is 6.05. The minimum Gasteiger partial charge on any atom is -0.322 e. The SMILES string of the molecule is CC(=NNc1ccc(C(=O)Nc2ccccc2C)cc1[N+](=O)[O-])c1cccc([N+](=O)[O-])c1. The Morgan fingerprint density at radius 1 is 0.875 bits per heavy atom. The third kappa shape index (κ3) is 5.11. The van der Waals surface area contributed by atoms with Crippen molar-refractivity contribution in [1.29, 1.82) is 0 Å². The number of hydrogen-bond acceptors (Lipinski definition) is 7. The van der Waals surface area contributed by atoms with E-state index in [1.807, 2.05) is 19.1 Å². The van der Waals surface area contributed by atoms with E-state index in [-0.39, 0.29) is 22.6 Å². The molecule has 10 heteroatoms. The fourth-order valence-electron chi connectivity index (χ4n) is 2.88. The Kier molecular flexibility index (Phi) is 6.54. The van der Waals surface area contributed by atoms with Gasteiger partial charge in [-0.2, -0.15) is 5.10 Å². The molecule has 0 heterocycles. The molecule has 0 aliphatic heterocycles. The van der Waals surface area contributed by atoms with Crippen molar-refractivity contribution in [3.63, 3.8) is 0 Å². The number of nitro benzene ring substituents is 2. The molecule has 3 aromatic rings. The number of nitro groups is 2. The van der Waals surface area contributed by atoms with Crippen LogP contribution < -0.4 is 10.7 Å². The molecular weight excluding hydrogens is 414 g/mol. The van der Waals surface area contributed by atoms with Crippen molar-refractivity contribution in [3.8, 4) is 0 Å². The first-order valence-corrected chi connectivity index (χ1v) is 9.47. The minimum atomic E-state index is -0.620. The van der Waals surface area contributed by atoms with Crippen LogP contribution in [0.15, 0.2) is 71.8 Å². The van der Waals surface area contributed by atoms with Crippen LogP contribution in [-0.2, 0) is 0 Å². The average molecular weight is 433 g/mol. The van der Waals surface area contributed by atoms with Crippen molar-refractivity contribution >= 4 is 34.4 Å². The lowest BCUT2D eigenvalue weighted by atomic mass is 10.1. The lowest BCUT2D eigenvalue weighted by Crippen LogP contribution is -2.13. The summed E-state index contributed by atoms with van der Waals surface area (Å²) >= 11 is 0. The predicted octanol–water partition coefficient (Wildman–Crippen LogP) is 4.90. The van der Waals surface area contributed by atoms with Crippen LogP contribution >= 0.6 is 0 Å². The average Bonchev–Trinajstić information content (AvgIpc) is 2.78. The number of rotatable bonds is 7. The summed E-state index contributed by atoms with van der Waals surface area (Å²) in [7, 11) is 0. The van der Waals surface area contributed by atoms with Crippen LogP contribution in [0.3, 0.4) is 0 Å². The van der Waals surface area contributed by atoms with Crippen LogP contribution in [0.1, 0.15) is 28.4 Å². The molecular formula is C22H19N5O5. The number of amides is 1. The molecule has 0 aliphatic rings. The Hall–Kier alpha value is -4.60. The molecule has 1 amide bonds. The zero-order chi connectivity index (χ0) is 23.3. The van der Waals surface area contributed by atoms with E-state index in [4.69, 9.17) is 0 Å². The Labute approximate surface area is 182 Å². The highest BCUT2D eigenvalue weighted by Gasteiger charge is 2.18. The van der Waals surface area contributed by atoms with E-state index >= 15 is 0 Å². The second kappa shape index (κ2) is 9.47. The molecule has 162 valence electrons. The topological polar surface area (TPSA) is 140 Å². The van der Waals surface area contributed by atoms with Crippen LogP contribution in [-0.4, -0.2) is 21.5 Å². The molecule has 0 unspecified atom stereocenters. The quantitative estimate of drug-likeness (QED) is 0.308. The maximum Gasteiger partial charge on any atom is 0.294 e. The summed E-state index contributed by atoms with van der Waals surface area (Å²) < 4.78 is 0. The number of aryl methyl sites for hydroxylation is 1. The summed E-state index contributed by atoms with van der Waals surface area (Å²) in [6, 6.07) is 17.1.